The third kappa shape index (κ3) is 3.57. The molecule has 0 amide bonds. The monoisotopic (exact) mass is 405 g/mol. The van der Waals surface area contributed by atoms with Crippen LogP contribution in [0.1, 0.15) is 18.5 Å². The number of rotatable bonds is 4. The molecule has 1 N–H and O–H groups in total. The van der Waals surface area contributed by atoms with E-state index in [1.54, 1.807) is 12.1 Å². The van der Waals surface area contributed by atoms with E-state index in [1.165, 1.54) is 12.6 Å². The molecule has 1 aromatic heterocycles. The van der Waals surface area contributed by atoms with Crippen LogP contribution in [-0.4, -0.2) is 24.6 Å². The zero-order valence-electron chi connectivity index (χ0n) is 13.2. The third-order valence-electron chi connectivity index (χ3n) is 3.76. The van der Waals surface area contributed by atoms with Crippen LogP contribution in [-0.2, 0) is 9.84 Å². The summed E-state index contributed by atoms with van der Waals surface area (Å²) < 4.78 is 24.0. The molecule has 1 heterocycles. The number of fused-ring (bicyclic) bond motifs is 1. The van der Waals surface area contributed by atoms with Gasteiger partial charge in [0, 0.05) is 22.2 Å². The first kappa shape index (κ1) is 16.9. The minimum atomic E-state index is -3.18. The first-order valence-corrected chi connectivity index (χ1v) is 10.00. The van der Waals surface area contributed by atoms with Crippen LogP contribution in [0.4, 0.5) is 5.82 Å². The molecular weight excluding hydrogens is 390 g/mol. The topological polar surface area (TPSA) is 72.0 Å². The molecule has 0 radical (unpaired) electrons. The van der Waals surface area contributed by atoms with Crippen molar-refractivity contribution in [3.63, 3.8) is 0 Å². The highest BCUT2D eigenvalue weighted by molar-refractivity contribution is 9.10. The van der Waals surface area contributed by atoms with Crippen LogP contribution in [0.25, 0.3) is 10.9 Å². The lowest BCUT2D eigenvalue weighted by Crippen LogP contribution is -2.09. The lowest BCUT2D eigenvalue weighted by atomic mass is 10.1. The van der Waals surface area contributed by atoms with Gasteiger partial charge in [0.2, 0.25) is 0 Å². The van der Waals surface area contributed by atoms with Gasteiger partial charge in [0.05, 0.1) is 10.4 Å². The molecule has 3 aromatic rings. The lowest BCUT2D eigenvalue weighted by Gasteiger charge is -2.16. The van der Waals surface area contributed by atoms with Crippen LogP contribution in [0, 0.1) is 0 Å². The molecular formula is C17H16BrN3O2S. The second-order valence-electron chi connectivity index (χ2n) is 5.59. The Kier molecular flexibility index (Phi) is 4.56. The number of nitrogens with one attached hydrogen (secondary N) is 1. The van der Waals surface area contributed by atoms with Gasteiger partial charge in [-0.3, -0.25) is 0 Å². The molecule has 24 heavy (non-hydrogen) atoms. The number of hydrogen-bond acceptors (Lipinski definition) is 5. The summed E-state index contributed by atoms with van der Waals surface area (Å²) in [4.78, 5) is 8.91. The number of sulfone groups is 1. The van der Waals surface area contributed by atoms with Gasteiger partial charge in [0.1, 0.15) is 12.1 Å². The van der Waals surface area contributed by atoms with Gasteiger partial charge < -0.3 is 5.32 Å². The Morgan fingerprint density at radius 3 is 2.46 bits per heavy atom. The van der Waals surface area contributed by atoms with E-state index < -0.39 is 9.84 Å². The first-order valence-electron chi connectivity index (χ1n) is 7.31. The van der Waals surface area contributed by atoms with E-state index >= 15 is 0 Å². The molecule has 1 unspecified atom stereocenters. The zero-order valence-corrected chi connectivity index (χ0v) is 15.6. The van der Waals surface area contributed by atoms with Crippen LogP contribution in [0.2, 0.25) is 0 Å². The second-order valence-corrected chi connectivity index (χ2v) is 8.52. The lowest BCUT2D eigenvalue weighted by molar-refractivity contribution is 0.602. The Balaban J connectivity index is 1.90. The van der Waals surface area contributed by atoms with Crippen molar-refractivity contribution < 1.29 is 8.42 Å². The molecule has 1 atom stereocenters. The highest BCUT2D eigenvalue weighted by Crippen LogP contribution is 2.26. The molecule has 0 spiro atoms. The van der Waals surface area contributed by atoms with Crippen molar-refractivity contribution in [2.75, 3.05) is 11.6 Å². The summed E-state index contributed by atoms with van der Waals surface area (Å²) >= 11 is 3.46. The first-order chi connectivity index (χ1) is 11.3. The summed E-state index contributed by atoms with van der Waals surface area (Å²) in [5.74, 6) is 0.737. The summed E-state index contributed by atoms with van der Waals surface area (Å²) in [6.45, 7) is 2.00. The summed E-state index contributed by atoms with van der Waals surface area (Å²) in [5, 5.41) is 4.29. The Morgan fingerprint density at radius 2 is 1.79 bits per heavy atom. The van der Waals surface area contributed by atoms with E-state index in [2.05, 4.69) is 31.2 Å². The number of benzene rings is 2. The summed E-state index contributed by atoms with van der Waals surface area (Å²) in [6.07, 6.45) is 2.73. The quantitative estimate of drug-likeness (QED) is 0.710. The van der Waals surface area contributed by atoms with Crippen molar-refractivity contribution in [1.82, 2.24) is 9.97 Å². The average molecular weight is 406 g/mol. The number of anilines is 1. The molecule has 124 valence electrons. The highest BCUT2D eigenvalue weighted by Gasteiger charge is 2.12. The Labute approximate surface area is 149 Å². The molecule has 7 heteroatoms. The van der Waals surface area contributed by atoms with E-state index in [-0.39, 0.29) is 6.04 Å². The Bertz CT molecular complexity index is 988. The maximum Gasteiger partial charge on any atom is 0.175 e. The molecule has 5 nitrogen and oxygen atoms in total. The Morgan fingerprint density at radius 1 is 1.08 bits per heavy atom. The molecule has 0 saturated heterocycles. The number of aromatic nitrogens is 2. The molecule has 0 bridgehead atoms. The minimum absolute atomic E-state index is 0.0318. The highest BCUT2D eigenvalue weighted by atomic mass is 79.9. The van der Waals surface area contributed by atoms with E-state index in [4.69, 9.17) is 0 Å². The third-order valence-corrected chi connectivity index (χ3v) is 5.38. The second kappa shape index (κ2) is 6.49. The van der Waals surface area contributed by atoms with Crippen LogP contribution < -0.4 is 5.32 Å². The van der Waals surface area contributed by atoms with Crippen LogP contribution in [0.3, 0.4) is 0 Å². The maximum atomic E-state index is 11.5. The molecule has 0 fully saturated rings. The maximum absolute atomic E-state index is 11.5. The molecule has 0 saturated carbocycles. The normalized spacial score (nSPS) is 13.0. The van der Waals surface area contributed by atoms with Gasteiger partial charge in [-0.05, 0) is 42.8 Å². The van der Waals surface area contributed by atoms with Crippen molar-refractivity contribution >= 4 is 42.5 Å². The van der Waals surface area contributed by atoms with Crippen LogP contribution in [0.5, 0.6) is 0 Å². The largest absolute Gasteiger partial charge is 0.363 e. The zero-order chi connectivity index (χ0) is 17.3. The van der Waals surface area contributed by atoms with Gasteiger partial charge in [-0.2, -0.15) is 0 Å². The van der Waals surface area contributed by atoms with Gasteiger partial charge >= 0.3 is 0 Å². The number of hydrogen-bond donors (Lipinski definition) is 1. The van der Waals surface area contributed by atoms with Crippen molar-refractivity contribution in [2.45, 2.75) is 17.9 Å². The van der Waals surface area contributed by atoms with Gasteiger partial charge in [0.15, 0.2) is 9.84 Å². The standard InChI is InChI=1S/C17H16BrN3O2S/c1-11(12-3-6-14(7-4-12)24(2,22)23)21-17-15-9-13(18)5-8-16(15)19-10-20-17/h3-11H,1-2H3,(H,19,20,21). The van der Waals surface area contributed by atoms with Crippen molar-refractivity contribution in [1.29, 1.82) is 0 Å². The molecule has 0 aliphatic rings. The fourth-order valence-electron chi connectivity index (χ4n) is 2.44. The van der Waals surface area contributed by atoms with Crippen LogP contribution >= 0.6 is 15.9 Å². The van der Waals surface area contributed by atoms with E-state index in [0.29, 0.717) is 4.90 Å². The van der Waals surface area contributed by atoms with Crippen molar-refractivity contribution in [3.8, 4) is 0 Å². The molecule has 0 aliphatic heterocycles. The van der Waals surface area contributed by atoms with Crippen molar-refractivity contribution in [2.24, 2.45) is 0 Å². The number of halogens is 1. The van der Waals surface area contributed by atoms with E-state index in [1.807, 2.05) is 37.3 Å². The van der Waals surface area contributed by atoms with Gasteiger partial charge in [-0.1, -0.05) is 28.1 Å². The van der Waals surface area contributed by atoms with Gasteiger partial charge in [-0.15, -0.1) is 0 Å². The molecule has 0 aliphatic carbocycles. The van der Waals surface area contributed by atoms with Gasteiger partial charge in [-0.25, -0.2) is 18.4 Å². The van der Waals surface area contributed by atoms with Crippen molar-refractivity contribution in [3.05, 3.63) is 58.8 Å². The average Bonchev–Trinajstić information content (AvgIpc) is 2.54. The minimum Gasteiger partial charge on any atom is -0.363 e. The Hall–Kier alpha value is -1.99. The SMILES string of the molecule is CC(Nc1ncnc2ccc(Br)cc12)c1ccc(S(C)(=O)=O)cc1. The summed E-state index contributed by atoms with van der Waals surface area (Å²) in [5.41, 5.74) is 1.83. The predicted molar refractivity (Wildman–Crippen MR) is 98.8 cm³/mol. The smallest absolute Gasteiger partial charge is 0.175 e. The fourth-order valence-corrected chi connectivity index (χ4v) is 3.43. The summed E-state index contributed by atoms with van der Waals surface area (Å²) in [7, 11) is -3.18. The van der Waals surface area contributed by atoms with E-state index in [9.17, 15) is 8.42 Å². The van der Waals surface area contributed by atoms with Gasteiger partial charge in [0.25, 0.3) is 0 Å². The molecule has 2 aromatic carbocycles. The summed E-state index contributed by atoms with van der Waals surface area (Å²) in [6, 6.07) is 12.7. The van der Waals surface area contributed by atoms with Crippen LogP contribution in [0.15, 0.2) is 58.2 Å². The van der Waals surface area contributed by atoms with E-state index in [0.717, 1.165) is 26.8 Å². The fraction of sp³-hybridized carbons (Fsp3) is 0.176. The molecule has 3 rings (SSSR count). The predicted octanol–water partition coefficient (Wildman–Crippen LogP) is 3.97. The number of nitrogens with zero attached hydrogens (tertiary/aromatic N) is 2.